The van der Waals surface area contributed by atoms with Gasteiger partial charge in [0, 0.05) is 23.3 Å². The van der Waals surface area contributed by atoms with Crippen molar-refractivity contribution in [2.75, 3.05) is 6.61 Å². The van der Waals surface area contributed by atoms with Crippen molar-refractivity contribution < 1.29 is 9.84 Å². The first-order valence-corrected chi connectivity index (χ1v) is 6.46. The zero-order valence-electron chi connectivity index (χ0n) is 11.2. The van der Waals surface area contributed by atoms with Crippen molar-refractivity contribution in [3.05, 3.63) is 42.4 Å². The lowest BCUT2D eigenvalue weighted by Gasteiger charge is -2.12. The third kappa shape index (κ3) is 2.65. The first kappa shape index (κ1) is 12.7. The zero-order chi connectivity index (χ0) is 13.9. The maximum Gasteiger partial charge on any atom is 0.128 e. The molecule has 0 spiro atoms. The molecular formula is C14H16N4O2. The molecule has 2 aromatic heterocycles. The summed E-state index contributed by atoms with van der Waals surface area (Å²) in [4.78, 5) is 3.13. The van der Waals surface area contributed by atoms with Crippen LogP contribution < -0.4 is 4.74 Å². The van der Waals surface area contributed by atoms with Crippen molar-refractivity contribution in [2.45, 2.75) is 19.6 Å². The van der Waals surface area contributed by atoms with Gasteiger partial charge in [0.2, 0.25) is 0 Å². The summed E-state index contributed by atoms with van der Waals surface area (Å²) in [5.74, 6) is 0.762. The number of hydrogen-bond acceptors (Lipinski definition) is 4. The number of fused-ring (bicyclic) bond motifs is 1. The van der Waals surface area contributed by atoms with E-state index in [2.05, 4.69) is 15.3 Å². The average molecular weight is 272 g/mol. The van der Waals surface area contributed by atoms with Gasteiger partial charge in [-0.3, -0.25) is 0 Å². The standard InChI is InChI=1S/C14H16N4O2/c1-10-7-18(17-16-10)8-11(19)9-20-14-4-2-3-13-12(14)5-6-15-13/h2-7,11,15,19H,8-9H2,1H3. The van der Waals surface area contributed by atoms with E-state index in [-0.39, 0.29) is 6.61 Å². The summed E-state index contributed by atoms with van der Waals surface area (Å²) in [5.41, 5.74) is 1.85. The molecule has 0 aliphatic carbocycles. The highest BCUT2D eigenvalue weighted by Gasteiger charge is 2.09. The summed E-state index contributed by atoms with van der Waals surface area (Å²) in [7, 11) is 0. The van der Waals surface area contributed by atoms with Gasteiger partial charge >= 0.3 is 0 Å². The van der Waals surface area contributed by atoms with Crippen LogP contribution in [0.25, 0.3) is 10.9 Å². The number of aryl methyl sites for hydroxylation is 1. The van der Waals surface area contributed by atoms with Gasteiger partial charge in [0.15, 0.2) is 0 Å². The highest BCUT2D eigenvalue weighted by Crippen LogP contribution is 2.24. The lowest BCUT2D eigenvalue weighted by molar-refractivity contribution is 0.0895. The summed E-state index contributed by atoms with van der Waals surface area (Å²) in [6.45, 7) is 2.44. The van der Waals surface area contributed by atoms with Gasteiger partial charge in [0.25, 0.3) is 0 Å². The molecule has 0 saturated carbocycles. The molecule has 3 aromatic rings. The number of H-pyrrole nitrogens is 1. The van der Waals surface area contributed by atoms with Gasteiger partial charge in [0.1, 0.15) is 18.5 Å². The minimum atomic E-state index is -0.634. The number of hydrogen-bond donors (Lipinski definition) is 2. The first-order chi connectivity index (χ1) is 9.72. The molecular weight excluding hydrogens is 256 g/mol. The van der Waals surface area contributed by atoms with E-state index in [0.29, 0.717) is 6.54 Å². The van der Waals surface area contributed by atoms with E-state index < -0.39 is 6.10 Å². The summed E-state index contributed by atoms with van der Waals surface area (Å²) in [5, 5.41) is 18.8. The highest BCUT2D eigenvalue weighted by atomic mass is 16.5. The third-order valence-electron chi connectivity index (χ3n) is 3.04. The average Bonchev–Trinajstić information content (AvgIpc) is 3.05. The Morgan fingerprint density at radius 3 is 3.10 bits per heavy atom. The van der Waals surface area contributed by atoms with E-state index in [4.69, 9.17) is 4.74 Å². The van der Waals surface area contributed by atoms with Crippen molar-refractivity contribution >= 4 is 10.9 Å². The Labute approximate surface area is 116 Å². The van der Waals surface area contributed by atoms with E-state index in [1.54, 1.807) is 10.9 Å². The minimum absolute atomic E-state index is 0.212. The zero-order valence-corrected chi connectivity index (χ0v) is 11.2. The van der Waals surface area contributed by atoms with Crippen LogP contribution in [0.3, 0.4) is 0 Å². The molecule has 0 aliphatic heterocycles. The predicted octanol–water partition coefficient (Wildman–Crippen LogP) is 1.51. The number of aromatic amines is 1. The highest BCUT2D eigenvalue weighted by molar-refractivity contribution is 5.85. The van der Waals surface area contributed by atoms with Gasteiger partial charge in [-0.1, -0.05) is 11.3 Å². The SMILES string of the molecule is Cc1cn(CC(O)COc2cccc3[nH]ccc23)nn1. The maximum absolute atomic E-state index is 9.97. The lowest BCUT2D eigenvalue weighted by Crippen LogP contribution is -2.24. The number of nitrogens with zero attached hydrogens (tertiary/aromatic N) is 3. The fourth-order valence-corrected chi connectivity index (χ4v) is 2.12. The Kier molecular flexibility index (Phi) is 3.39. The van der Waals surface area contributed by atoms with E-state index in [9.17, 15) is 5.11 Å². The fraction of sp³-hybridized carbons (Fsp3) is 0.286. The Balaban J connectivity index is 1.62. The summed E-state index contributed by atoms with van der Waals surface area (Å²) < 4.78 is 7.30. The molecule has 2 N–H and O–H groups in total. The normalized spacial score (nSPS) is 12.7. The van der Waals surface area contributed by atoms with Crippen LogP contribution >= 0.6 is 0 Å². The smallest absolute Gasteiger partial charge is 0.128 e. The quantitative estimate of drug-likeness (QED) is 0.738. The van der Waals surface area contributed by atoms with Crippen molar-refractivity contribution in [1.82, 2.24) is 20.0 Å². The number of aliphatic hydroxyl groups excluding tert-OH is 1. The monoisotopic (exact) mass is 272 g/mol. The second-order valence-electron chi connectivity index (χ2n) is 4.74. The van der Waals surface area contributed by atoms with E-state index in [1.165, 1.54) is 0 Å². The Morgan fingerprint density at radius 2 is 2.30 bits per heavy atom. The summed E-state index contributed by atoms with van der Waals surface area (Å²) >= 11 is 0. The fourth-order valence-electron chi connectivity index (χ4n) is 2.12. The molecule has 6 nitrogen and oxygen atoms in total. The Hall–Kier alpha value is -2.34. The largest absolute Gasteiger partial charge is 0.490 e. The molecule has 3 rings (SSSR count). The van der Waals surface area contributed by atoms with Gasteiger partial charge in [-0.15, -0.1) is 5.10 Å². The molecule has 1 aromatic carbocycles. The van der Waals surface area contributed by atoms with Crippen LogP contribution in [0, 0.1) is 6.92 Å². The van der Waals surface area contributed by atoms with Gasteiger partial charge in [-0.2, -0.15) is 0 Å². The first-order valence-electron chi connectivity index (χ1n) is 6.46. The molecule has 6 heteroatoms. The van der Waals surface area contributed by atoms with Crippen LogP contribution in [-0.4, -0.2) is 37.8 Å². The molecule has 0 bridgehead atoms. The molecule has 2 heterocycles. The molecule has 104 valence electrons. The molecule has 20 heavy (non-hydrogen) atoms. The molecule has 0 aliphatic rings. The second kappa shape index (κ2) is 5.34. The van der Waals surface area contributed by atoms with Gasteiger partial charge < -0.3 is 14.8 Å². The van der Waals surface area contributed by atoms with Crippen LogP contribution in [0.2, 0.25) is 0 Å². The molecule has 1 atom stereocenters. The van der Waals surface area contributed by atoms with Gasteiger partial charge in [-0.05, 0) is 25.1 Å². The van der Waals surface area contributed by atoms with E-state index in [0.717, 1.165) is 22.3 Å². The number of aliphatic hydroxyl groups is 1. The van der Waals surface area contributed by atoms with E-state index >= 15 is 0 Å². The number of nitrogens with one attached hydrogen (secondary N) is 1. The van der Waals surface area contributed by atoms with Crippen molar-refractivity contribution in [2.24, 2.45) is 0 Å². The predicted molar refractivity (Wildman–Crippen MR) is 74.6 cm³/mol. The lowest BCUT2D eigenvalue weighted by atomic mass is 10.2. The topological polar surface area (TPSA) is 76.0 Å². The molecule has 0 amide bonds. The van der Waals surface area contributed by atoms with Crippen molar-refractivity contribution in [3.63, 3.8) is 0 Å². The Bertz CT molecular complexity index is 704. The second-order valence-corrected chi connectivity index (χ2v) is 4.74. The minimum Gasteiger partial charge on any atom is -0.490 e. The number of ether oxygens (including phenoxy) is 1. The third-order valence-corrected chi connectivity index (χ3v) is 3.04. The van der Waals surface area contributed by atoms with Crippen molar-refractivity contribution in [3.8, 4) is 5.75 Å². The molecule has 0 saturated heterocycles. The number of rotatable bonds is 5. The summed E-state index contributed by atoms with van der Waals surface area (Å²) in [6, 6.07) is 7.75. The Morgan fingerprint density at radius 1 is 1.40 bits per heavy atom. The van der Waals surface area contributed by atoms with E-state index in [1.807, 2.05) is 37.4 Å². The van der Waals surface area contributed by atoms with Crippen LogP contribution in [0.1, 0.15) is 5.69 Å². The number of aromatic nitrogens is 4. The van der Waals surface area contributed by atoms with Gasteiger partial charge in [0.05, 0.1) is 12.2 Å². The van der Waals surface area contributed by atoms with Crippen LogP contribution in [0.4, 0.5) is 0 Å². The van der Waals surface area contributed by atoms with Gasteiger partial charge in [-0.25, -0.2) is 4.68 Å². The molecule has 1 unspecified atom stereocenters. The summed E-state index contributed by atoms with van der Waals surface area (Å²) in [6.07, 6.45) is 3.02. The van der Waals surface area contributed by atoms with Crippen LogP contribution in [-0.2, 0) is 6.54 Å². The maximum atomic E-state index is 9.97. The molecule has 0 fully saturated rings. The van der Waals surface area contributed by atoms with Crippen LogP contribution in [0.15, 0.2) is 36.7 Å². The van der Waals surface area contributed by atoms with Crippen molar-refractivity contribution in [1.29, 1.82) is 0 Å². The van der Waals surface area contributed by atoms with Crippen LogP contribution in [0.5, 0.6) is 5.75 Å². The number of benzene rings is 1. The molecule has 0 radical (unpaired) electrons.